The number of furan rings is 1. The third kappa shape index (κ3) is 10.2. The fourth-order valence-corrected chi connectivity index (χ4v) is 4.99. The Labute approximate surface area is 275 Å². The maximum atomic E-state index is 13.2. The maximum absolute atomic E-state index is 13.2. The van der Waals surface area contributed by atoms with Crippen LogP contribution in [0.1, 0.15) is 59.6 Å². The first-order valence-corrected chi connectivity index (χ1v) is 15.1. The third-order valence-corrected chi connectivity index (χ3v) is 7.39. The number of hydroxylamine groups is 2. The molecular formula is C33H38N4O11. The predicted octanol–water partition coefficient (Wildman–Crippen LogP) is 2.68. The molecule has 3 atom stereocenters. The molecule has 1 heterocycles. The molecule has 0 aliphatic carbocycles. The molecule has 0 bridgehead atoms. The summed E-state index contributed by atoms with van der Waals surface area (Å²) >= 11 is 0. The molecule has 2 aromatic carbocycles. The molecule has 0 fully saturated rings. The number of benzene rings is 2. The fraction of sp³-hybridized carbons (Fsp3) is 0.333. The quantitative estimate of drug-likeness (QED) is 0.0472. The molecule has 0 aliphatic rings. The number of amides is 4. The van der Waals surface area contributed by atoms with E-state index in [9.17, 15) is 39.1 Å². The van der Waals surface area contributed by atoms with E-state index in [-0.39, 0.29) is 42.5 Å². The molecule has 6 N–H and O–H groups in total. The van der Waals surface area contributed by atoms with Crippen molar-refractivity contribution in [3.05, 3.63) is 77.6 Å². The van der Waals surface area contributed by atoms with E-state index >= 15 is 0 Å². The van der Waals surface area contributed by atoms with Crippen LogP contribution in [0.2, 0.25) is 0 Å². The van der Waals surface area contributed by atoms with Gasteiger partial charge in [0.15, 0.2) is 5.76 Å². The molecule has 48 heavy (non-hydrogen) atoms. The number of nitrogens with one attached hydrogen (secondary N) is 3. The van der Waals surface area contributed by atoms with E-state index in [0.29, 0.717) is 29.9 Å². The standard InChI is InChI=1S/C33H38N4O11/c1-3-25(37(46)19-38)22(12-10-20-8-6-5-7-9-20)30(41)34-18-35-32(43)27-15-14-26(48-27)21-11-13-23(28(16-21)47-4-2)31(42)36-24(33(44)45)17-29(39)40/h5-9,11,13-16,19,22,24-25,46H,3-4,10,12,17-18H2,1-2H3,(H,34,41)(H,35,43)(H,36,42)(H,39,40)(H,44,45). The van der Waals surface area contributed by atoms with Crippen molar-refractivity contribution in [2.24, 2.45) is 5.92 Å². The van der Waals surface area contributed by atoms with Crippen LogP contribution in [0, 0.1) is 5.92 Å². The topological polar surface area (TPSA) is 225 Å². The first-order chi connectivity index (χ1) is 23.0. The highest BCUT2D eigenvalue weighted by atomic mass is 16.5. The van der Waals surface area contributed by atoms with Gasteiger partial charge in [-0.1, -0.05) is 43.3 Å². The lowest BCUT2D eigenvalue weighted by Gasteiger charge is -2.29. The first kappa shape index (κ1) is 36.8. The molecule has 15 nitrogen and oxygen atoms in total. The van der Waals surface area contributed by atoms with Crippen LogP contribution in [0.15, 0.2) is 65.1 Å². The van der Waals surface area contributed by atoms with Crippen LogP contribution in [-0.4, -0.2) is 81.9 Å². The van der Waals surface area contributed by atoms with Gasteiger partial charge in [0.05, 0.1) is 37.2 Å². The van der Waals surface area contributed by atoms with Crippen LogP contribution in [-0.2, 0) is 25.6 Å². The van der Waals surface area contributed by atoms with E-state index < -0.39 is 54.1 Å². The summed E-state index contributed by atoms with van der Waals surface area (Å²) in [6.07, 6.45) is 0.604. The van der Waals surface area contributed by atoms with Gasteiger partial charge in [0.25, 0.3) is 11.8 Å². The molecule has 0 saturated heterocycles. The minimum Gasteiger partial charge on any atom is -0.493 e. The van der Waals surface area contributed by atoms with Gasteiger partial charge in [-0.2, -0.15) is 0 Å². The number of nitrogens with zero attached hydrogens (tertiary/aromatic N) is 1. The Morgan fingerprint density at radius 2 is 1.69 bits per heavy atom. The zero-order valence-corrected chi connectivity index (χ0v) is 26.4. The average Bonchev–Trinajstić information content (AvgIpc) is 3.57. The summed E-state index contributed by atoms with van der Waals surface area (Å²) in [7, 11) is 0. The molecule has 0 saturated carbocycles. The summed E-state index contributed by atoms with van der Waals surface area (Å²) in [6, 6.07) is 14.2. The zero-order chi connectivity index (χ0) is 35.2. The van der Waals surface area contributed by atoms with Crippen LogP contribution in [0.3, 0.4) is 0 Å². The Morgan fingerprint density at radius 1 is 0.958 bits per heavy atom. The van der Waals surface area contributed by atoms with Crippen molar-refractivity contribution in [2.45, 2.75) is 51.6 Å². The van der Waals surface area contributed by atoms with Crippen molar-refractivity contribution in [2.75, 3.05) is 13.3 Å². The number of rotatable bonds is 19. The number of hydrogen-bond donors (Lipinski definition) is 6. The summed E-state index contributed by atoms with van der Waals surface area (Å²) in [5, 5.41) is 36.1. The number of carbonyl (C=O) groups is 6. The van der Waals surface area contributed by atoms with Crippen LogP contribution in [0.5, 0.6) is 5.75 Å². The molecule has 1 aromatic heterocycles. The van der Waals surface area contributed by atoms with Crippen molar-refractivity contribution in [1.82, 2.24) is 21.0 Å². The lowest BCUT2D eigenvalue weighted by Crippen LogP contribution is -2.47. The van der Waals surface area contributed by atoms with Crippen LogP contribution in [0.25, 0.3) is 11.3 Å². The van der Waals surface area contributed by atoms with Crippen molar-refractivity contribution in [3.8, 4) is 17.1 Å². The van der Waals surface area contributed by atoms with E-state index in [0.717, 1.165) is 5.56 Å². The van der Waals surface area contributed by atoms with Crippen LogP contribution in [0.4, 0.5) is 0 Å². The molecule has 3 unspecified atom stereocenters. The molecular weight excluding hydrogens is 628 g/mol. The molecule has 0 radical (unpaired) electrons. The summed E-state index contributed by atoms with van der Waals surface area (Å²) in [4.78, 5) is 72.4. The summed E-state index contributed by atoms with van der Waals surface area (Å²) in [5.74, 6) is -5.44. The Bertz CT molecular complexity index is 1590. The van der Waals surface area contributed by atoms with Gasteiger partial charge in [0, 0.05) is 5.56 Å². The summed E-state index contributed by atoms with van der Waals surface area (Å²) in [6.45, 7) is 3.29. The highest BCUT2D eigenvalue weighted by Gasteiger charge is 2.31. The first-order valence-electron chi connectivity index (χ1n) is 15.1. The number of aliphatic carboxylic acids is 2. The van der Waals surface area contributed by atoms with Gasteiger partial charge in [-0.25, -0.2) is 9.86 Å². The second-order valence-electron chi connectivity index (χ2n) is 10.6. The number of carboxylic acid groups (broad SMARTS) is 2. The highest BCUT2D eigenvalue weighted by molar-refractivity contribution is 6.00. The van der Waals surface area contributed by atoms with Gasteiger partial charge in [0.2, 0.25) is 12.3 Å². The van der Waals surface area contributed by atoms with Crippen molar-refractivity contribution >= 4 is 36.1 Å². The van der Waals surface area contributed by atoms with Gasteiger partial charge in [-0.15, -0.1) is 0 Å². The van der Waals surface area contributed by atoms with Gasteiger partial charge in [0.1, 0.15) is 17.6 Å². The van der Waals surface area contributed by atoms with Crippen molar-refractivity contribution in [1.29, 1.82) is 0 Å². The normalized spacial score (nSPS) is 12.6. The number of carbonyl (C=O) groups excluding carboxylic acids is 4. The number of aryl methyl sites for hydroxylation is 1. The van der Waals surface area contributed by atoms with Gasteiger partial charge >= 0.3 is 11.9 Å². The van der Waals surface area contributed by atoms with E-state index in [1.165, 1.54) is 30.3 Å². The Morgan fingerprint density at radius 3 is 2.31 bits per heavy atom. The molecule has 15 heteroatoms. The lowest BCUT2D eigenvalue weighted by atomic mass is 9.90. The Kier molecular flexibility index (Phi) is 13.7. The second kappa shape index (κ2) is 17.9. The van der Waals surface area contributed by atoms with Gasteiger partial charge in [-0.05, 0) is 56.0 Å². The van der Waals surface area contributed by atoms with Gasteiger partial charge in [-0.3, -0.25) is 29.2 Å². The summed E-state index contributed by atoms with van der Waals surface area (Å²) in [5.41, 5.74) is 1.36. The van der Waals surface area contributed by atoms with Crippen LogP contribution < -0.4 is 20.7 Å². The van der Waals surface area contributed by atoms with Crippen LogP contribution >= 0.6 is 0 Å². The predicted molar refractivity (Wildman–Crippen MR) is 169 cm³/mol. The smallest absolute Gasteiger partial charge is 0.326 e. The number of carboxylic acids is 2. The maximum Gasteiger partial charge on any atom is 0.326 e. The molecule has 3 rings (SSSR count). The number of hydrogen-bond acceptors (Lipinski definition) is 9. The second-order valence-corrected chi connectivity index (χ2v) is 10.6. The molecule has 0 aliphatic heterocycles. The Hall–Kier alpha value is -5.70. The lowest BCUT2D eigenvalue weighted by molar-refractivity contribution is -0.168. The highest BCUT2D eigenvalue weighted by Crippen LogP contribution is 2.29. The Balaban J connectivity index is 1.67. The van der Waals surface area contributed by atoms with Gasteiger partial charge < -0.3 is 35.3 Å². The fourth-order valence-electron chi connectivity index (χ4n) is 4.99. The van der Waals surface area contributed by atoms with E-state index in [1.54, 1.807) is 13.8 Å². The minimum atomic E-state index is -1.66. The zero-order valence-electron chi connectivity index (χ0n) is 26.4. The van der Waals surface area contributed by atoms with E-state index in [4.69, 9.17) is 14.3 Å². The van der Waals surface area contributed by atoms with E-state index in [2.05, 4.69) is 16.0 Å². The molecule has 4 amide bonds. The summed E-state index contributed by atoms with van der Waals surface area (Å²) < 4.78 is 11.3. The molecule has 0 spiro atoms. The third-order valence-electron chi connectivity index (χ3n) is 7.39. The van der Waals surface area contributed by atoms with Crippen molar-refractivity contribution in [3.63, 3.8) is 0 Å². The minimum absolute atomic E-state index is 0.0395. The molecule has 3 aromatic rings. The molecule has 256 valence electrons. The van der Waals surface area contributed by atoms with E-state index in [1.807, 2.05) is 30.3 Å². The number of ether oxygens (including phenoxy) is 1. The van der Waals surface area contributed by atoms with Crippen molar-refractivity contribution < 1.29 is 53.3 Å². The monoisotopic (exact) mass is 666 g/mol. The largest absolute Gasteiger partial charge is 0.493 e. The SMILES string of the molecule is CCOc1cc(-c2ccc(C(=O)NCNC(=O)C(CCc3ccccc3)C(CC)N(O)C=O)o2)ccc1C(=O)NC(CC(=O)O)C(=O)O. The average molecular weight is 667 g/mol.